The third-order valence-electron chi connectivity index (χ3n) is 3.21. The quantitative estimate of drug-likeness (QED) is 0.380. The van der Waals surface area contributed by atoms with Gasteiger partial charge >= 0.3 is 0 Å². The topological polar surface area (TPSA) is 17.3 Å². The second-order valence-corrected chi connectivity index (χ2v) is 6.92. The van der Waals surface area contributed by atoms with Crippen LogP contribution >= 0.6 is 45.5 Å². The lowest BCUT2D eigenvalue weighted by atomic mass is 10.2. The first-order valence-electron chi connectivity index (χ1n) is 6.05. The number of benzene rings is 2. The monoisotopic (exact) mass is 410 g/mol. The Hall–Kier alpha value is -1.11. The Morgan fingerprint density at radius 2 is 1.90 bits per heavy atom. The molecule has 0 aliphatic rings. The van der Waals surface area contributed by atoms with E-state index >= 15 is 0 Å². The second-order valence-electron chi connectivity index (χ2n) is 4.45. The minimum absolute atomic E-state index is 0.750. The first-order chi connectivity index (χ1) is 9.74. The summed E-state index contributed by atoms with van der Waals surface area (Å²) in [4.78, 5) is 5.69. The van der Waals surface area contributed by atoms with Crippen molar-refractivity contribution in [3.8, 4) is 11.3 Å². The van der Waals surface area contributed by atoms with Crippen molar-refractivity contribution in [2.75, 3.05) is 0 Å². The molecule has 0 N–H and O–H groups in total. The third kappa shape index (κ3) is 1.86. The van der Waals surface area contributed by atoms with E-state index in [2.05, 4.69) is 50.2 Å². The molecule has 0 unspecified atom stereocenters. The number of fused-ring (bicyclic) bond motifs is 3. The lowest BCUT2D eigenvalue weighted by Gasteiger charge is -2.02. The third-order valence-corrected chi connectivity index (χ3v) is 5.22. The Balaban J connectivity index is 2.16. The number of rotatable bonds is 1. The highest BCUT2D eigenvalue weighted by Gasteiger charge is 2.16. The maximum Gasteiger partial charge on any atom is 0.196 e. The highest BCUT2D eigenvalue weighted by Crippen LogP contribution is 2.35. The van der Waals surface area contributed by atoms with Gasteiger partial charge in [0.05, 0.1) is 15.9 Å². The van der Waals surface area contributed by atoms with Crippen molar-refractivity contribution in [3.63, 3.8) is 0 Å². The van der Waals surface area contributed by atoms with Gasteiger partial charge in [0, 0.05) is 10.6 Å². The molecular weight excluding hydrogens is 403 g/mol. The van der Waals surface area contributed by atoms with Crippen LogP contribution in [0.5, 0.6) is 0 Å². The molecule has 98 valence electrons. The molecule has 0 saturated carbocycles. The number of imidazole rings is 1. The van der Waals surface area contributed by atoms with E-state index in [0.29, 0.717) is 0 Å². The Morgan fingerprint density at radius 3 is 2.70 bits per heavy atom. The van der Waals surface area contributed by atoms with Gasteiger partial charge in [0.2, 0.25) is 0 Å². The predicted molar refractivity (Wildman–Crippen MR) is 93.7 cm³/mol. The lowest BCUT2D eigenvalue weighted by Crippen LogP contribution is -1.87. The molecule has 0 spiro atoms. The lowest BCUT2D eigenvalue weighted by molar-refractivity contribution is 1.29. The van der Waals surface area contributed by atoms with Crippen molar-refractivity contribution in [3.05, 3.63) is 57.3 Å². The number of hydrogen-bond donors (Lipinski definition) is 0. The number of hydrogen-bond acceptors (Lipinski definition) is 2. The Bertz CT molecular complexity index is 927. The molecule has 5 heteroatoms. The average molecular weight is 411 g/mol. The van der Waals surface area contributed by atoms with E-state index in [4.69, 9.17) is 11.6 Å². The van der Waals surface area contributed by atoms with Crippen LogP contribution < -0.4 is 0 Å². The van der Waals surface area contributed by atoms with Crippen LogP contribution in [0.1, 0.15) is 0 Å². The number of thiazole rings is 1. The largest absolute Gasteiger partial charge is 0.282 e. The van der Waals surface area contributed by atoms with E-state index in [1.165, 1.54) is 10.3 Å². The number of nitrogens with zero attached hydrogens (tertiary/aromatic N) is 2. The van der Waals surface area contributed by atoms with Crippen molar-refractivity contribution in [1.82, 2.24) is 9.38 Å². The summed E-state index contributed by atoms with van der Waals surface area (Å²) >= 11 is 10.1. The molecular formula is C15H8ClIN2S. The van der Waals surface area contributed by atoms with E-state index in [1.54, 1.807) is 11.3 Å². The Morgan fingerprint density at radius 1 is 1.10 bits per heavy atom. The van der Waals surface area contributed by atoms with Crippen LogP contribution in [0.4, 0.5) is 0 Å². The minimum atomic E-state index is 0.750. The maximum atomic E-state index is 6.15. The van der Waals surface area contributed by atoms with Crippen molar-refractivity contribution < 1.29 is 0 Å². The van der Waals surface area contributed by atoms with Gasteiger partial charge in [0.1, 0.15) is 3.70 Å². The number of aromatic nitrogens is 2. The van der Waals surface area contributed by atoms with Crippen LogP contribution in [-0.2, 0) is 0 Å². The molecule has 2 heterocycles. The van der Waals surface area contributed by atoms with Gasteiger partial charge in [0.25, 0.3) is 0 Å². The molecule has 0 saturated heterocycles. The van der Waals surface area contributed by atoms with Crippen LogP contribution in [0.3, 0.4) is 0 Å². The highest BCUT2D eigenvalue weighted by molar-refractivity contribution is 14.1. The van der Waals surface area contributed by atoms with Crippen LogP contribution in [-0.4, -0.2) is 9.38 Å². The van der Waals surface area contributed by atoms with Gasteiger partial charge < -0.3 is 0 Å². The predicted octanol–water partition coefficient (Wildman–Crippen LogP) is 5.47. The van der Waals surface area contributed by atoms with Crippen molar-refractivity contribution in [2.45, 2.75) is 0 Å². The summed E-state index contributed by atoms with van der Waals surface area (Å²) in [6.07, 6.45) is 0. The summed E-state index contributed by atoms with van der Waals surface area (Å²) < 4.78 is 4.41. The second kappa shape index (κ2) is 4.72. The molecule has 0 atom stereocenters. The molecule has 2 nitrogen and oxygen atoms in total. The molecule has 0 aliphatic carbocycles. The fourth-order valence-corrected chi connectivity index (χ4v) is 4.48. The zero-order valence-corrected chi connectivity index (χ0v) is 13.9. The van der Waals surface area contributed by atoms with Crippen LogP contribution in [0, 0.1) is 3.70 Å². The summed E-state index contributed by atoms with van der Waals surface area (Å²) in [5.41, 5.74) is 3.42. The average Bonchev–Trinajstić information content (AvgIpc) is 2.94. The standard InChI is InChI=1S/C15H8ClIN2S/c16-10-6-7-12-11(8-10)19-13(9-4-2-1-3-5-9)14(17)18-15(19)20-12/h1-8H. The van der Waals surface area contributed by atoms with Crippen LogP contribution in [0.15, 0.2) is 48.5 Å². The molecule has 4 aromatic rings. The van der Waals surface area contributed by atoms with Crippen LogP contribution in [0.25, 0.3) is 26.4 Å². The molecule has 0 fully saturated rings. The summed E-state index contributed by atoms with van der Waals surface area (Å²) in [7, 11) is 0. The maximum absolute atomic E-state index is 6.15. The molecule has 20 heavy (non-hydrogen) atoms. The summed E-state index contributed by atoms with van der Waals surface area (Å²) in [5, 5.41) is 0.750. The minimum Gasteiger partial charge on any atom is -0.282 e. The molecule has 0 radical (unpaired) electrons. The van der Waals surface area contributed by atoms with Gasteiger partial charge in [0.15, 0.2) is 4.96 Å². The smallest absolute Gasteiger partial charge is 0.196 e. The molecule has 2 aromatic carbocycles. The molecule has 0 aliphatic heterocycles. The summed E-state index contributed by atoms with van der Waals surface area (Å²) in [6.45, 7) is 0. The normalized spacial score (nSPS) is 11.5. The van der Waals surface area contributed by atoms with E-state index in [9.17, 15) is 0 Å². The first kappa shape index (κ1) is 12.6. The van der Waals surface area contributed by atoms with Crippen LogP contribution in [0.2, 0.25) is 5.02 Å². The summed E-state index contributed by atoms with van der Waals surface area (Å²) in [6, 6.07) is 16.3. The van der Waals surface area contributed by atoms with Gasteiger partial charge in [-0.1, -0.05) is 53.3 Å². The fourth-order valence-electron chi connectivity index (χ4n) is 2.36. The van der Waals surface area contributed by atoms with E-state index < -0.39 is 0 Å². The molecule has 0 bridgehead atoms. The van der Waals surface area contributed by atoms with E-state index in [0.717, 1.165) is 24.9 Å². The van der Waals surface area contributed by atoms with Gasteiger partial charge in [-0.2, -0.15) is 0 Å². The first-order valence-corrected chi connectivity index (χ1v) is 8.33. The van der Waals surface area contributed by atoms with E-state index in [1.807, 2.05) is 30.3 Å². The van der Waals surface area contributed by atoms with Crippen molar-refractivity contribution in [2.24, 2.45) is 0 Å². The summed E-state index contributed by atoms with van der Waals surface area (Å²) in [5.74, 6) is 0. The molecule has 4 rings (SSSR count). The zero-order valence-electron chi connectivity index (χ0n) is 10.2. The highest BCUT2D eigenvalue weighted by atomic mass is 127. The fraction of sp³-hybridized carbons (Fsp3) is 0. The van der Waals surface area contributed by atoms with Gasteiger partial charge in [-0.25, -0.2) is 4.98 Å². The van der Waals surface area contributed by atoms with Gasteiger partial charge in [-0.3, -0.25) is 4.40 Å². The number of halogens is 2. The molecule has 2 aromatic heterocycles. The van der Waals surface area contributed by atoms with Crippen molar-refractivity contribution >= 4 is 60.7 Å². The molecule has 0 amide bonds. The van der Waals surface area contributed by atoms with Gasteiger partial charge in [-0.05, 0) is 40.8 Å². The van der Waals surface area contributed by atoms with Crippen molar-refractivity contribution in [1.29, 1.82) is 0 Å². The van der Waals surface area contributed by atoms with Gasteiger partial charge in [-0.15, -0.1) is 0 Å². The zero-order chi connectivity index (χ0) is 13.7. The van der Waals surface area contributed by atoms with E-state index in [-0.39, 0.29) is 0 Å². The Labute approximate surface area is 138 Å². The SMILES string of the molecule is Clc1ccc2sc3nc(I)c(-c4ccccc4)n3c2c1. The Kier molecular flexibility index (Phi) is 2.98.